The Labute approximate surface area is 254 Å². The predicted octanol–water partition coefficient (Wildman–Crippen LogP) is 6.26. The Bertz CT molecular complexity index is 1170. The van der Waals surface area contributed by atoms with Gasteiger partial charge in [0, 0.05) is 10.9 Å². The first-order valence-corrected chi connectivity index (χ1v) is 14.9. The zero-order valence-electron chi connectivity index (χ0n) is 24.7. The smallest absolute Gasteiger partial charge is 0.239 e. The highest BCUT2D eigenvalue weighted by Crippen LogP contribution is 2.21. The number of hydrogen-bond acceptors (Lipinski definition) is 7. The number of carbonyl (C=O) groups is 1. The van der Waals surface area contributed by atoms with Gasteiger partial charge in [-0.25, -0.2) is 4.68 Å². The summed E-state index contributed by atoms with van der Waals surface area (Å²) in [5, 5.41) is 23.4. The van der Waals surface area contributed by atoms with Crippen molar-refractivity contribution in [3.63, 3.8) is 0 Å². The fourth-order valence-corrected chi connectivity index (χ4v) is 4.58. The zero-order valence-corrected chi connectivity index (χ0v) is 25.5. The van der Waals surface area contributed by atoms with Crippen LogP contribution in [-0.2, 0) is 22.7 Å². The van der Waals surface area contributed by atoms with E-state index in [1.807, 2.05) is 6.07 Å². The van der Waals surface area contributed by atoms with Crippen LogP contribution in [0.3, 0.4) is 0 Å². The molecule has 1 fully saturated rings. The number of rotatable bonds is 11. The molecule has 1 aromatic carbocycles. The van der Waals surface area contributed by atoms with Crippen molar-refractivity contribution in [2.75, 3.05) is 7.11 Å². The number of aliphatic hydroxyl groups excluding tert-OH is 1. The number of unbranched alkanes of at least 4 members (excludes halogenated alkanes) is 1. The SMILES string of the molecule is C#C.C/C=C\CC/C=C/c1cccs1.COc1cc(C(O)O)nn1CC(N)=O.c1ccc(COC2CCCCC2)cc1. The molecule has 3 aromatic rings. The van der Waals surface area contributed by atoms with Crippen LogP contribution < -0.4 is 10.5 Å². The van der Waals surface area contributed by atoms with Crippen LogP contribution in [-0.4, -0.2) is 39.1 Å². The summed E-state index contributed by atoms with van der Waals surface area (Å²) in [6.45, 7) is 2.67. The van der Waals surface area contributed by atoms with Gasteiger partial charge >= 0.3 is 0 Å². The van der Waals surface area contributed by atoms with Crippen LogP contribution in [0.25, 0.3) is 6.08 Å². The highest BCUT2D eigenvalue weighted by Gasteiger charge is 2.14. The maximum Gasteiger partial charge on any atom is 0.239 e. The first-order valence-electron chi connectivity index (χ1n) is 14.0. The molecule has 42 heavy (non-hydrogen) atoms. The van der Waals surface area contributed by atoms with Crippen LogP contribution in [0.2, 0.25) is 0 Å². The second kappa shape index (κ2) is 22.9. The normalized spacial score (nSPS) is 13.0. The van der Waals surface area contributed by atoms with Gasteiger partial charge in [0.2, 0.25) is 11.8 Å². The minimum Gasteiger partial charge on any atom is -0.481 e. The van der Waals surface area contributed by atoms with E-state index in [0.29, 0.717) is 6.10 Å². The Morgan fingerprint density at radius 3 is 2.38 bits per heavy atom. The molecule has 1 aliphatic carbocycles. The third-order valence-corrected chi connectivity index (χ3v) is 6.82. The molecule has 4 N–H and O–H groups in total. The van der Waals surface area contributed by atoms with Crippen molar-refractivity contribution < 1.29 is 24.5 Å². The Morgan fingerprint density at radius 1 is 1.12 bits per heavy atom. The van der Waals surface area contributed by atoms with Gasteiger partial charge in [0.15, 0.2) is 6.29 Å². The minimum atomic E-state index is -1.70. The summed E-state index contributed by atoms with van der Waals surface area (Å²) in [4.78, 5) is 11.9. The quantitative estimate of drug-likeness (QED) is 0.104. The molecular weight excluding hydrogens is 550 g/mol. The van der Waals surface area contributed by atoms with Crippen LogP contribution in [0.1, 0.15) is 74.3 Å². The number of nitrogens with two attached hydrogens (primary N) is 1. The maximum atomic E-state index is 10.6. The summed E-state index contributed by atoms with van der Waals surface area (Å²) in [5.74, 6) is -0.350. The van der Waals surface area contributed by atoms with E-state index < -0.39 is 12.2 Å². The lowest BCUT2D eigenvalue weighted by Crippen LogP contribution is -2.20. The summed E-state index contributed by atoms with van der Waals surface area (Å²) in [7, 11) is 1.38. The molecule has 0 saturated heterocycles. The Hall–Kier alpha value is -3.68. The van der Waals surface area contributed by atoms with E-state index in [2.05, 4.69) is 91.0 Å². The first-order chi connectivity index (χ1) is 20.4. The van der Waals surface area contributed by atoms with E-state index in [9.17, 15) is 4.79 Å². The number of aliphatic hydroxyl groups is 2. The Kier molecular flexibility index (Phi) is 19.9. The van der Waals surface area contributed by atoms with Gasteiger partial charge in [-0.3, -0.25) is 4.79 Å². The monoisotopic (exact) mass is 595 g/mol. The second-order valence-electron chi connectivity index (χ2n) is 9.23. The van der Waals surface area contributed by atoms with Crippen molar-refractivity contribution in [3.8, 4) is 18.7 Å². The number of carbonyl (C=O) groups excluding carboxylic acids is 1. The number of benzene rings is 1. The number of methoxy groups -OCH3 is 1. The Morgan fingerprint density at radius 2 is 1.81 bits per heavy atom. The molecule has 8 nitrogen and oxygen atoms in total. The molecule has 4 rings (SSSR count). The van der Waals surface area contributed by atoms with Crippen LogP contribution in [0.15, 0.2) is 72.1 Å². The number of ether oxygens (including phenoxy) is 2. The second-order valence-corrected chi connectivity index (χ2v) is 10.2. The van der Waals surface area contributed by atoms with E-state index in [4.69, 9.17) is 25.4 Å². The van der Waals surface area contributed by atoms with Crippen LogP contribution in [0.5, 0.6) is 5.88 Å². The predicted molar refractivity (Wildman–Crippen MR) is 171 cm³/mol. The summed E-state index contributed by atoms with van der Waals surface area (Å²) >= 11 is 1.78. The van der Waals surface area contributed by atoms with Crippen LogP contribution in [0, 0.1) is 12.8 Å². The third kappa shape index (κ3) is 15.9. The van der Waals surface area contributed by atoms with Gasteiger partial charge in [-0.15, -0.1) is 24.2 Å². The third-order valence-electron chi connectivity index (χ3n) is 5.98. The number of allylic oxidation sites excluding steroid dienone is 3. The van der Waals surface area contributed by atoms with Crippen molar-refractivity contribution in [1.82, 2.24) is 9.78 Å². The number of hydrogen-bond donors (Lipinski definition) is 3. The van der Waals surface area contributed by atoms with E-state index in [0.717, 1.165) is 24.1 Å². The van der Waals surface area contributed by atoms with Crippen molar-refractivity contribution in [2.24, 2.45) is 5.73 Å². The van der Waals surface area contributed by atoms with Gasteiger partial charge in [0.1, 0.15) is 12.2 Å². The molecule has 0 unspecified atom stereocenters. The van der Waals surface area contributed by atoms with Crippen LogP contribution in [0.4, 0.5) is 0 Å². The number of nitrogens with zero attached hydrogens (tertiary/aromatic N) is 2. The summed E-state index contributed by atoms with van der Waals surface area (Å²) in [5.41, 5.74) is 6.25. The number of aromatic nitrogens is 2. The molecular formula is C33H45N3O5S. The maximum absolute atomic E-state index is 10.6. The number of amides is 1. The average Bonchev–Trinajstić information content (AvgIpc) is 3.69. The van der Waals surface area contributed by atoms with E-state index in [-0.39, 0.29) is 18.1 Å². The minimum absolute atomic E-state index is 0.00287. The van der Waals surface area contributed by atoms with Crippen molar-refractivity contribution >= 4 is 23.3 Å². The summed E-state index contributed by atoms with van der Waals surface area (Å²) < 4.78 is 11.9. The first kappa shape index (κ1) is 36.3. The molecule has 0 aliphatic heterocycles. The highest BCUT2D eigenvalue weighted by molar-refractivity contribution is 7.10. The summed E-state index contributed by atoms with van der Waals surface area (Å²) in [6.07, 6.45) is 24.4. The lowest BCUT2D eigenvalue weighted by molar-refractivity contribution is -0.118. The van der Waals surface area contributed by atoms with E-state index in [1.54, 1.807) is 11.3 Å². The lowest BCUT2D eigenvalue weighted by atomic mass is 9.98. The number of terminal acetylenes is 1. The molecule has 0 radical (unpaired) electrons. The fourth-order valence-electron chi connectivity index (χ4n) is 3.93. The van der Waals surface area contributed by atoms with Crippen molar-refractivity contribution in [2.45, 2.75) is 77.4 Å². The standard InChI is InChI=1S/C13H18O.C11H14S.C7H11N3O4.C2H2/c1-3-7-12(8-4-1)11-14-13-9-5-2-6-10-13;1-2-3-4-5-6-8-11-9-7-10-12-11;1-14-6-2-4(7(12)13)9-10(6)3-5(8)11;1-2/h1,3-4,7-8,13H,2,5-6,9-11H2;2-3,6-10H,4-5H2,1H3;2,7,12-13H,3H2,1H3,(H2,8,11);1-2H/b;3-2-,8-6+;;. The van der Waals surface area contributed by atoms with E-state index >= 15 is 0 Å². The zero-order chi connectivity index (χ0) is 31.0. The fraction of sp³-hybridized carbons (Fsp3) is 0.394. The van der Waals surface area contributed by atoms with Gasteiger partial charge in [-0.05, 0) is 55.7 Å². The number of primary amides is 1. The molecule has 0 atom stereocenters. The van der Waals surface area contributed by atoms with Gasteiger partial charge in [0.25, 0.3) is 0 Å². The number of thiophene rings is 1. The van der Waals surface area contributed by atoms with Gasteiger partial charge in [-0.2, -0.15) is 5.10 Å². The molecule has 9 heteroatoms. The van der Waals surface area contributed by atoms with E-state index in [1.165, 1.54) is 55.7 Å². The summed E-state index contributed by atoms with van der Waals surface area (Å²) in [6, 6.07) is 16.0. The molecule has 1 amide bonds. The Balaban J connectivity index is 0.000000307. The molecule has 1 saturated carbocycles. The van der Waals surface area contributed by atoms with Gasteiger partial charge in [-0.1, -0.05) is 73.9 Å². The molecule has 228 valence electrons. The van der Waals surface area contributed by atoms with Crippen molar-refractivity contribution in [1.29, 1.82) is 0 Å². The lowest BCUT2D eigenvalue weighted by Gasteiger charge is -2.21. The topological polar surface area (TPSA) is 120 Å². The molecule has 0 bridgehead atoms. The van der Waals surface area contributed by atoms with Gasteiger partial charge in [0.05, 0.1) is 19.8 Å². The van der Waals surface area contributed by atoms with Gasteiger partial charge < -0.3 is 25.4 Å². The highest BCUT2D eigenvalue weighted by atomic mass is 32.1. The molecule has 2 aromatic heterocycles. The van der Waals surface area contributed by atoms with Crippen LogP contribution >= 0.6 is 11.3 Å². The molecule has 2 heterocycles. The van der Waals surface area contributed by atoms with Crippen molar-refractivity contribution in [3.05, 3.63) is 88.3 Å². The average molecular weight is 596 g/mol. The largest absolute Gasteiger partial charge is 0.481 e. The molecule has 1 aliphatic rings. The molecule has 0 spiro atoms.